The summed E-state index contributed by atoms with van der Waals surface area (Å²) in [5.41, 5.74) is 3.62. The van der Waals surface area contributed by atoms with Gasteiger partial charge in [0.05, 0.1) is 37.2 Å². The Kier molecular flexibility index (Phi) is 6.37. The second kappa shape index (κ2) is 10.4. The molecule has 4 unspecified atom stereocenters. The van der Waals surface area contributed by atoms with Crippen molar-refractivity contribution in [3.8, 4) is 0 Å². The lowest BCUT2D eigenvalue weighted by atomic mass is 9.68. The molecule has 5 saturated heterocycles. The van der Waals surface area contributed by atoms with Gasteiger partial charge in [-0.3, -0.25) is 0 Å². The van der Waals surface area contributed by atoms with E-state index in [1.807, 2.05) is 21.5 Å². The van der Waals surface area contributed by atoms with Crippen LogP contribution < -0.4 is 15.1 Å². The number of hydrogen-bond acceptors (Lipinski definition) is 9. The van der Waals surface area contributed by atoms with Crippen LogP contribution in [0.2, 0.25) is 0 Å². The Labute approximate surface area is 279 Å². The van der Waals surface area contributed by atoms with E-state index in [0.29, 0.717) is 31.3 Å². The normalized spacial score (nSPS) is 30.8. The average molecular weight is 649 g/mol. The largest absolute Gasteiger partial charge is 0.464 e. The molecule has 1 N–H and O–H groups in total. The van der Waals surface area contributed by atoms with Gasteiger partial charge in [-0.1, -0.05) is 43.3 Å². The lowest BCUT2D eigenvalue weighted by Gasteiger charge is -2.47. The van der Waals surface area contributed by atoms with Crippen molar-refractivity contribution in [2.75, 3.05) is 56.2 Å². The number of carbonyl (C=O) groups is 2. The first-order chi connectivity index (χ1) is 23.2. The van der Waals surface area contributed by atoms with Crippen molar-refractivity contribution in [3.63, 3.8) is 0 Å². The second-order valence-corrected chi connectivity index (χ2v) is 14.7. The first-order valence-electron chi connectivity index (χ1n) is 16.9. The summed E-state index contributed by atoms with van der Waals surface area (Å²) < 4.78 is 13.3. The number of nitrogens with zero attached hydrogens (tertiary/aromatic N) is 7. The van der Waals surface area contributed by atoms with E-state index in [1.165, 1.54) is 12.7 Å². The van der Waals surface area contributed by atoms with E-state index in [-0.39, 0.29) is 29.1 Å². The molecule has 0 radical (unpaired) electrons. The summed E-state index contributed by atoms with van der Waals surface area (Å²) >= 11 is 0. The summed E-state index contributed by atoms with van der Waals surface area (Å²) in [5, 5.41) is 8.38. The second-order valence-electron chi connectivity index (χ2n) is 14.7. The monoisotopic (exact) mass is 648 g/mol. The summed E-state index contributed by atoms with van der Waals surface area (Å²) in [6.45, 7) is 8.84. The zero-order chi connectivity index (χ0) is 32.8. The highest BCUT2D eigenvalue weighted by Gasteiger charge is 2.69. The number of esters is 1. The van der Waals surface area contributed by atoms with Crippen molar-refractivity contribution >= 4 is 29.2 Å². The van der Waals surface area contributed by atoms with Crippen LogP contribution in [-0.2, 0) is 20.5 Å². The third-order valence-electron chi connectivity index (χ3n) is 11.6. The lowest BCUT2D eigenvalue weighted by molar-refractivity contribution is -0.0740. The highest BCUT2D eigenvalue weighted by molar-refractivity contribution is 5.87. The zero-order valence-corrected chi connectivity index (χ0v) is 27.6. The number of urea groups is 1. The van der Waals surface area contributed by atoms with E-state index in [0.717, 1.165) is 55.8 Å². The fourth-order valence-corrected chi connectivity index (χ4v) is 9.00. The molecule has 48 heavy (non-hydrogen) atoms. The van der Waals surface area contributed by atoms with Crippen molar-refractivity contribution in [2.45, 2.75) is 55.7 Å². The van der Waals surface area contributed by atoms with Crippen LogP contribution in [0.5, 0.6) is 0 Å². The number of aryl methyl sites for hydroxylation is 1. The molecule has 2 bridgehead atoms. The molecule has 4 aromatic rings. The van der Waals surface area contributed by atoms with Gasteiger partial charge in [-0.05, 0) is 55.5 Å². The number of ether oxygens (including phenoxy) is 2. The molecule has 12 heteroatoms. The number of pyridine rings is 2. The van der Waals surface area contributed by atoms with Crippen molar-refractivity contribution in [3.05, 3.63) is 83.4 Å². The molecule has 6 fully saturated rings. The van der Waals surface area contributed by atoms with Crippen molar-refractivity contribution < 1.29 is 19.1 Å². The summed E-state index contributed by atoms with van der Waals surface area (Å²) in [7, 11) is 1.35. The third kappa shape index (κ3) is 4.34. The molecule has 1 saturated carbocycles. The number of rotatable bonds is 6. The third-order valence-corrected chi connectivity index (χ3v) is 11.6. The average Bonchev–Trinajstić information content (AvgIpc) is 3.94. The van der Waals surface area contributed by atoms with Gasteiger partial charge in [-0.25, -0.2) is 24.1 Å². The van der Waals surface area contributed by atoms with Crippen LogP contribution in [0.25, 0.3) is 5.65 Å². The van der Waals surface area contributed by atoms with Crippen LogP contribution >= 0.6 is 0 Å². The van der Waals surface area contributed by atoms with Crippen LogP contribution in [0.15, 0.2) is 60.8 Å². The molecular formula is C36H40N8O4. The fraction of sp³-hybridized carbons (Fsp3) is 0.472. The van der Waals surface area contributed by atoms with Gasteiger partial charge in [0.15, 0.2) is 22.8 Å². The quantitative estimate of drug-likeness (QED) is 0.313. The molecule has 12 nitrogen and oxygen atoms in total. The SMILES string of the molecule is COC(=O)c1cccc(N2CCC3(C2)CN(C2C4COC2(c2nc5c(C)cc(N6CC[C@](C)(c7ccccc7)C6)cn5n2)C4)C(=O)N3)n1. The van der Waals surface area contributed by atoms with Crippen molar-refractivity contribution in [1.82, 2.24) is 29.8 Å². The molecule has 8 heterocycles. The van der Waals surface area contributed by atoms with E-state index in [9.17, 15) is 9.59 Å². The van der Waals surface area contributed by atoms with E-state index >= 15 is 0 Å². The number of nitrogens with one attached hydrogen (secondary N) is 1. The number of methoxy groups -OCH3 is 1. The van der Waals surface area contributed by atoms with E-state index in [2.05, 4.69) is 76.5 Å². The van der Waals surface area contributed by atoms with Crippen molar-refractivity contribution in [1.29, 1.82) is 0 Å². The smallest absolute Gasteiger partial charge is 0.356 e. The van der Waals surface area contributed by atoms with Gasteiger partial charge in [-0.2, -0.15) is 0 Å². The molecule has 1 aliphatic carbocycles. The predicted octanol–water partition coefficient (Wildman–Crippen LogP) is 3.68. The Morgan fingerprint density at radius 3 is 2.67 bits per heavy atom. The van der Waals surface area contributed by atoms with Gasteiger partial charge in [0.1, 0.15) is 5.82 Å². The zero-order valence-electron chi connectivity index (χ0n) is 27.6. The highest BCUT2D eigenvalue weighted by atomic mass is 16.5. The van der Waals surface area contributed by atoms with Crippen LogP contribution in [0.1, 0.15) is 53.6 Å². The van der Waals surface area contributed by atoms with Gasteiger partial charge in [-0.15, -0.1) is 5.10 Å². The molecule has 10 rings (SSSR count). The van der Waals surface area contributed by atoms with Crippen molar-refractivity contribution in [2.24, 2.45) is 5.92 Å². The van der Waals surface area contributed by atoms with Crippen LogP contribution in [0.3, 0.4) is 0 Å². The summed E-state index contributed by atoms with van der Waals surface area (Å²) in [5.74, 6) is 1.13. The Hall–Kier alpha value is -4.71. The number of fused-ring (bicyclic) bond motifs is 2. The maximum absolute atomic E-state index is 13.7. The fourth-order valence-electron chi connectivity index (χ4n) is 9.00. The number of aromatic nitrogens is 4. The molecule has 3 aromatic heterocycles. The Balaban J connectivity index is 0.953. The molecule has 6 aliphatic rings. The van der Waals surface area contributed by atoms with Gasteiger partial charge < -0.3 is 29.5 Å². The predicted molar refractivity (Wildman–Crippen MR) is 178 cm³/mol. The summed E-state index contributed by atoms with van der Waals surface area (Å²) in [6, 6.07) is 18.2. The molecular weight excluding hydrogens is 608 g/mol. The first-order valence-corrected chi connectivity index (χ1v) is 16.9. The molecule has 1 spiro atoms. The lowest BCUT2D eigenvalue weighted by Crippen LogP contribution is -2.60. The molecule has 5 aliphatic heterocycles. The molecule has 5 atom stereocenters. The number of amides is 2. The Bertz CT molecular complexity index is 1950. The first kappa shape index (κ1) is 29.4. The minimum atomic E-state index is -0.722. The number of anilines is 2. The molecule has 2 amide bonds. The minimum absolute atomic E-state index is 0.0737. The van der Waals surface area contributed by atoms with Crippen LogP contribution in [0, 0.1) is 12.8 Å². The number of hydrogen-bond donors (Lipinski definition) is 1. The van der Waals surface area contributed by atoms with Gasteiger partial charge in [0.25, 0.3) is 0 Å². The maximum Gasteiger partial charge on any atom is 0.356 e. The van der Waals surface area contributed by atoms with E-state index in [4.69, 9.17) is 19.6 Å². The van der Waals surface area contributed by atoms with Crippen LogP contribution in [-0.4, -0.2) is 94.5 Å². The number of benzene rings is 1. The number of carbonyl (C=O) groups excluding carboxylic acids is 2. The molecule has 248 valence electrons. The summed E-state index contributed by atoms with van der Waals surface area (Å²) in [6.07, 6.45) is 4.76. The van der Waals surface area contributed by atoms with E-state index in [1.54, 1.807) is 6.07 Å². The Morgan fingerprint density at radius 2 is 1.85 bits per heavy atom. The minimum Gasteiger partial charge on any atom is -0.464 e. The molecule has 1 aromatic carbocycles. The highest BCUT2D eigenvalue weighted by Crippen LogP contribution is 2.57. The Morgan fingerprint density at radius 1 is 1.02 bits per heavy atom. The van der Waals surface area contributed by atoms with Crippen LogP contribution in [0.4, 0.5) is 16.3 Å². The topological polar surface area (TPSA) is 117 Å². The van der Waals surface area contributed by atoms with Gasteiger partial charge >= 0.3 is 12.0 Å². The van der Waals surface area contributed by atoms with E-state index < -0.39 is 17.1 Å². The maximum atomic E-state index is 13.7. The van der Waals surface area contributed by atoms with Gasteiger partial charge in [0, 0.05) is 44.1 Å². The standard InChI is InChI=1S/C36H40N8O4/c1-23-16-26(41-14-12-34(2,20-41)25-8-5-4-6-9-25)18-44-30(23)38-32(40-44)36-17-24(19-48-36)29(36)43-22-35(39-33(43)46)13-15-42(21-35)28-11-7-10-27(37-28)31(45)47-3/h4-11,16,18,24,29H,12-15,17,19-22H2,1-3H3,(H,39,46)/t24?,29?,34-,35?,36?/m0/s1. The summed E-state index contributed by atoms with van der Waals surface area (Å²) in [4.78, 5) is 41.9. The van der Waals surface area contributed by atoms with Gasteiger partial charge in [0.2, 0.25) is 0 Å².